The molecule has 0 N–H and O–H groups in total. The van der Waals surface area contributed by atoms with Crippen molar-refractivity contribution in [2.45, 2.75) is 0 Å². The minimum absolute atomic E-state index is 0.748. The van der Waals surface area contributed by atoms with Gasteiger partial charge < -0.3 is 27.5 Å². The lowest BCUT2D eigenvalue weighted by molar-refractivity contribution is 0.634. The lowest BCUT2D eigenvalue weighted by atomic mass is 10.0. The van der Waals surface area contributed by atoms with Crippen LogP contribution in [0.25, 0.3) is 109 Å². The van der Waals surface area contributed by atoms with Crippen molar-refractivity contribution in [2.75, 3.05) is 9.80 Å². The summed E-state index contributed by atoms with van der Waals surface area (Å²) in [5, 5.41) is 12.9. The molecule has 0 atom stereocenters. The molecule has 0 saturated heterocycles. The van der Waals surface area contributed by atoms with Crippen molar-refractivity contribution in [3.05, 3.63) is 218 Å². The van der Waals surface area contributed by atoms with E-state index < -0.39 is 0 Å². The second kappa shape index (κ2) is 14.1. The van der Waals surface area contributed by atoms with Crippen molar-refractivity contribution in [2.24, 2.45) is 0 Å². The Morgan fingerprint density at radius 1 is 0.206 bits per heavy atom. The molecule has 0 unspecified atom stereocenters. The summed E-state index contributed by atoms with van der Waals surface area (Å²) < 4.78 is 26.0. The third kappa shape index (κ3) is 5.58. The van der Waals surface area contributed by atoms with Crippen LogP contribution in [0.1, 0.15) is 0 Å². The van der Waals surface area contributed by atoms with Gasteiger partial charge in [-0.05, 0) is 155 Å². The monoisotopic (exact) mass is 872 g/mol. The Morgan fingerprint density at radius 2 is 0.588 bits per heavy atom. The number of para-hydroxylation sites is 4. The molecule has 0 spiro atoms. The molecule has 6 nitrogen and oxygen atoms in total. The molecule has 6 heteroatoms. The summed E-state index contributed by atoms with van der Waals surface area (Å²) in [5.41, 5.74) is 12.9. The minimum atomic E-state index is 0.748. The highest BCUT2D eigenvalue weighted by atomic mass is 16.4. The number of anilines is 6. The summed E-state index contributed by atoms with van der Waals surface area (Å²) >= 11 is 0. The Labute approximate surface area is 387 Å². The molecule has 15 aromatic rings. The van der Waals surface area contributed by atoms with Crippen LogP contribution in [-0.4, -0.2) is 0 Å². The fourth-order valence-electron chi connectivity index (χ4n) is 10.6. The van der Waals surface area contributed by atoms with Crippen LogP contribution < -0.4 is 9.80 Å². The Kier molecular flexibility index (Phi) is 7.69. The van der Waals surface area contributed by atoms with Crippen LogP contribution in [0.3, 0.4) is 0 Å². The molecule has 0 fully saturated rings. The second-order valence-electron chi connectivity index (χ2n) is 17.7. The highest BCUT2D eigenvalue weighted by Crippen LogP contribution is 2.45. The summed E-state index contributed by atoms with van der Waals surface area (Å²) in [7, 11) is 0. The van der Waals surface area contributed by atoms with Crippen LogP contribution in [0.15, 0.2) is 236 Å². The van der Waals surface area contributed by atoms with E-state index in [1.54, 1.807) is 0 Å². The molecule has 68 heavy (non-hydrogen) atoms. The molecule has 0 aliphatic heterocycles. The number of rotatable bonds is 6. The van der Waals surface area contributed by atoms with Crippen LogP contribution in [-0.2, 0) is 0 Å². The summed E-state index contributed by atoms with van der Waals surface area (Å²) in [6, 6.07) is 76.8. The zero-order chi connectivity index (χ0) is 44.5. The summed E-state index contributed by atoms with van der Waals surface area (Å²) in [5.74, 6) is 0. The van der Waals surface area contributed by atoms with Gasteiger partial charge in [0.15, 0.2) is 11.2 Å². The fourth-order valence-corrected chi connectivity index (χ4v) is 10.6. The van der Waals surface area contributed by atoms with Gasteiger partial charge in [-0.2, -0.15) is 0 Å². The first kappa shape index (κ1) is 37.0. The summed E-state index contributed by atoms with van der Waals surface area (Å²) in [4.78, 5) is 4.60. The van der Waals surface area contributed by atoms with Crippen LogP contribution in [0.4, 0.5) is 34.1 Å². The van der Waals surface area contributed by atoms with E-state index in [0.717, 1.165) is 143 Å². The molecule has 4 aromatic heterocycles. The van der Waals surface area contributed by atoms with Gasteiger partial charge in [0, 0.05) is 77.2 Å². The predicted octanol–water partition coefficient (Wildman–Crippen LogP) is 18.5. The first-order valence-electron chi connectivity index (χ1n) is 22.9. The van der Waals surface area contributed by atoms with Crippen LogP contribution >= 0.6 is 0 Å². The molecular formula is C62H36N2O4. The van der Waals surface area contributed by atoms with Gasteiger partial charge in [0.1, 0.15) is 33.5 Å². The van der Waals surface area contributed by atoms with Crippen molar-refractivity contribution >= 4 is 143 Å². The van der Waals surface area contributed by atoms with Crippen LogP contribution in [0, 0.1) is 0 Å². The van der Waals surface area contributed by atoms with Gasteiger partial charge in [-0.1, -0.05) is 84.9 Å². The highest BCUT2D eigenvalue weighted by molar-refractivity contribution is 6.21. The number of nitrogens with zero attached hydrogens (tertiary/aromatic N) is 2. The normalized spacial score (nSPS) is 12.1. The van der Waals surface area contributed by atoms with Gasteiger partial charge in [0.2, 0.25) is 0 Å². The Hall–Kier alpha value is -9.26. The van der Waals surface area contributed by atoms with E-state index >= 15 is 0 Å². The van der Waals surface area contributed by atoms with E-state index in [1.165, 1.54) is 0 Å². The minimum Gasteiger partial charge on any atom is -0.456 e. The quantitative estimate of drug-likeness (QED) is 0.166. The van der Waals surface area contributed by atoms with Gasteiger partial charge in [-0.3, -0.25) is 0 Å². The van der Waals surface area contributed by atoms with Gasteiger partial charge in [-0.15, -0.1) is 0 Å². The van der Waals surface area contributed by atoms with E-state index in [9.17, 15) is 0 Å². The first-order chi connectivity index (χ1) is 33.6. The summed E-state index contributed by atoms with van der Waals surface area (Å²) in [6.45, 7) is 0. The fraction of sp³-hybridized carbons (Fsp3) is 0. The number of fused-ring (bicyclic) bond motifs is 15. The van der Waals surface area contributed by atoms with Gasteiger partial charge >= 0.3 is 0 Å². The van der Waals surface area contributed by atoms with Crippen LogP contribution in [0.5, 0.6) is 0 Å². The molecule has 0 saturated carbocycles. The molecule has 0 amide bonds. The predicted molar refractivity (Wildman–Crippen MR) is 280 cm³/mol. The maximum atomic E-state index is 6.82. The molecular weight excluding hydrogens is 837 g/mol. The van der Waals surface area contributed by atoms with E-state index in [-0.39, 0.29) is 0 Å². The van der Waals surface area contributed by atoms with Gasteiger partial charge in [0.25, 0.3) is 0 Å². The molecule has 0 radical (unpaired) electrons. The smallest absolute Gasteiger partial charge is 0.178 e. The standard InChI is InChI=1S/C62H36N2O4/c1-3-11-41(12-4-1)63(45-23-27-57-53(35-45)47-15-7-9-17-55(47)65-57)43-21-19-37-31-51-49-25-26-50-52-32-38-20-22-44(30-40(38)34-60(52)68-62(50)61(49)67-59(51)33-39(37)29-43)64(42-13-5-2-6-14-42)46-24-28-58-54(36-46)48-16-8-10-18-56(48)66-58/h1-36H. The largest absolute Gasteiger partial charge is 0.456 e. The Morgan fingerprint density at radius 3 is 1.06 bits per heavy atom. The highest BCUT2D eigenvalue weighted by Gasteiger charge is 2.21. The molecule has 318 valence electrons. The van der Waals surface area contributed by atoms with Crippen molar-refractivity contribution in [3.8, 4) is 0 Å². The number of furan rings is 4. The zero-order valence-corrected chi connectivity index (χ0v) is 36.3. The van der Waals surface area contributed by atoms with E-state index in [0.29, 0.717) is 0 Å². The third-order valence-electron chi connectivity index (χ3n) is 13.7. The maximum Gasteiger partial charge on any atom is 0.178 e. The topological polar surface area (TPSA) is 59.0 Å². The number of hydrogen-bond donors (Lipinski definition) is 0. The second-order valence-corrected chi connectivity index (χ2v) is 17.7. The Balaban J connectivity index is 0.840. The average molecular weight is 873 g/mol. The molecule has 11 aromatic carbocycles. The average Bonchev–Trinajstić information content (AvgIpc) is 4.15. The van der Waals surface area contributed by atoms with Crippen molar-refractivity contribution in [1.29, 1.82) is 0 Å². The molecule has 0 aliphatic rings. The Bertz CT molecular complexity index is 4230. The van der Waals surface area contributed by atoms with Crippen LogP contribution in [0.2, 0.25) is 0 Å². The number of hydrogen-bond acceptors (Lipinski definition) is 6. The molecule has 4 heterocycles. The zero-order valence-electron chi connectivity index (χ0n) is 36.3. The summed E-state index contributed by atoms with van der Waals surface area (Å²) in [6.07, 6.45) is 0. The van der Waals surface area contributed by atoms with E-state index in [2.05, 4.69) is 204 Å². The van der Waals surface area contributed by atoms with Gasteiger partial charge in [-0.25, -0.2) is 0 Å². The lowest BCUT2D eigenvalue weighted by Crippen LogP contribution is -2.09. The van der Waals surface area contributed by atoms with Gasteiger partial charge in [0.05, 0.1) is 0 Å². The third-order valence-corrected chi connectivity index (χ3v) is 13.7. The van der Waals surface area contributed by atoms with Crippen molar-refractivity contribution in [1.82, 2.24) is 0 Å². The lowest BCUT2D eigenvalue weighted by Gasteiger charge is -2.26. The maximum absolute atomic E-state index is 6.82. The van der Waals surface area contributed by atoms with Crippen molar-refractivity contribution in [3.63, 3.8) is 0 Å². The molecule has 0 aliphatic carbocycles. The first-order valence-corrected chi connectivity index (χ1v) is 22.9. The van der Waals surface area contributed by atoms with E-state index in [4.69, 9.17) is 17.7 Å². The van der Waals surface area contributed by atoms with Crippen molar-refractivity contribution < 1.29 is 17.7 Å². The number of benzene rings is 11. The molecule has 15 rings (SSSR count). The van der Waals surface area contributed by atoms with E-state index in [1.807, 2.05) is 24.3 Å². The SMILES string of the molecule is c1ccc(N(c2ccc3cc4c(cc3c2)oc2c4ccc3c4cc5ccc(N(c6ccccc6)c6ccc7oc8ccccc8c7c6)cc5cc4oc32)c2ccc3oc4ccccc4c3c2)cc1. The molecule has 0 bridgehead atoms.